The Bertz CT molecular complexity index is 756. The van der Waals surface area contributed by atoms with E-state index in [-0.39, 0.29) is 0 Å². The van der Waals surface area contributed by atoms with E-state index in [4.69, 9.17) is 9.47 Å². The van der Waals surface area contributed by atoms with Crippen molar-refractivity contribution in [2.75, 3.05) is 0 Å². The van der Waals surface area contributed by atoms with Crippen LogP contribution >= 0.6 is 0 Å². The molecule has 0 saturated heterocycles. The van der Waals surface area contributed by atoms with Crippen molar-refractivity contribution in [2.45, 2.75) is 75.4 Å². The Morgan fingerprint density at radius 1 is 0.625 bits per heavy atom. The fourth-order valence-electron chi connectivity index (χ4n) is 5.85. The fraction of sp³-hybridized carbons (Fsp3) is 0.545. The number of fused-ring (bicyclic) bond motifs is 10. The average molecular weight is 320 g/mol. The molecule has 0 unspecified atom stereocenters. The Hall–Kier alpha value is -1.70. The molecule has 2 aliphatic carbocycles. The van der Waals surface area contributed by atoms with Crippen LogP contribution in [-0.2, 0) is 0 Å². The van der Waals surface area contributed by atoms with Gasteiger partial charge in [0.2, 0.25) is 0 Å². The highest BCUT2D eigenvalue weighted by Gasteiger charge is 2.46. The highest BCUT2D eigenvalue weighted by atomic mass is 16.5. The summed E-state index contributed by atoms with van der Waals surface area (Å²) in [5.41, 5.74) is 2.93. The van der Waals surface area contributed by atoms with Crippen molar-refractivity contribution in [2.24, 2.45) is 0 Å². The number of benzene rings is 2. The van der Waals surface area contributed by atoms with E-state index in [9.17, 15) is 0 Å². The molecule has 2 heteroatoms. The van der Waals surface area contributed by atoms with Crippen LogP contribution in [0.25, 0.3) is 10.8 Å². The third kappa shape index (κ3) is 1.67. The minimum atomic E-state index is 0.384. The van der Waals surface area contributed by atoms with Gasteiger partial charge >= 0.3 is 0 Å². The second kappa shape index (κ2) is 4.91. The van der Waals surface area contributed by atoms with E-state index in [0.717, 1.165) is 11.5 Å². The molecule has 6 rings (SSSR count). The van der Waals surface area contributed by atoms with Gasteiger partial charge in [-0.25, -0.2) is 0 Å². The minimum absolute atomic E-state index is 0.384. The van der Waals surface area contributed by atoms with Crippen molar-refractivity contribution in [3.63, 3.8) is 0 Å². The first-order valence-corrected chi connectivity index (χ1v) is 9.83. The molecule has 24 heavy (non-hydrogen) atoms. The molecule has 0 aromatic heterocycles. The molecule has 124 valence electrons. The first-order valence-electron chi connectivity index (χ1n) is 9.83. The lowest BCUT2D eigenvalue weighted by Gasteiger charge is -2.25. The van der Waals surface area contributed by atoms with Gasteiger partial charge in [0.15, 0.2) is 11.5 Å². The summed E-state index contributed by atoms with van der Waals surface area (Å²) in [5.74, 6) is 3.40. The van der Waals surface area contributed by atoms with Gasteiger partial charge in [-0.05, 0) is 49.3 Å². The van der Waals surface area contributed by atoms with Gasteiger partial charge in [-0.15, -0.1) is 0 Å². The number of ether oxygens (including phenoxy) is 2. The molecule has 4 atom stereocenters. The molecule has 2 fully saturated rings. The number of hydrogen-bond donors (Lipinski definition) is 0. The van der Waals surface area contributed by atoms with Crippen LogP contribution in [0.3, 0.4) is 0 Å². The summed E-state index contributed by atoms with van der Waals surface area (Å²) in [7, 11) is 0. The molecule has 0 N–H and O–H groups in total. The van der Waals surface area contributed by atoms with Crippen LogP contribution in [0.15, 0.2) is 24.3 Å². The molecule has 4 aliphatic rings. The molecular weight excluding hydrogens is 296 g/mol. The SMILES string of the molecule is c1ccc2c3c(c4c(c2c1)[C@H]1CCCC[C@H]1O4)O[C@H]1CCCC[C@@H]31. The van der Waals surface area contributed by atoms with Crippen molar-refractivity contribution >= 4 is 10.8 Å². The van der Waals surface area contributed by atoms with Crippen molar-refractivity contribution in [1.82, 2.24) is 0 Å². The third-order valence-corrected chi connectivity index (χ3v) is 6.89. The van der Waals surface area contributed by atoms with E-state index in [1.54, 1.807) is 0 Å². The van der Waals surface area contributed by atoms with Gasteiger partial charge in [0, 0.05) is 23.0 Å². The summed E-state index contributed by atoms with van der Waals surface area (Å²) >= 11 is 0. The Labute approximate surface area is 143 Å². The van der Waals surface area contributed by atoms with Gasteiger partial charge in [-0.1, -0.05) is 37.1 Å². The van der Waals surface area contributed by atoms with Gasteiger partial charge in [-0.2, -0.15) is 0 Å². The second-order valence-corrected chi connectivity index (χ2v) is 8.13. The zero-order valence-corrected chi connectivity index (χ0v) is 14.1. The Morgan fingerprint density at radius 3 is 1.58 bits per heavy atom. The molecular formula is C22H24O2. The summed E-state index contributed by atoms with van der Waals surface area (Å²) in [6, 6.07) is 9.04. The summed E-state index contributed by atoms with van der Waals surface area (Å²) in [6.45, 7) is 0. The Kier molecular flexibility index (Phi) is 2.77. The lowest BCUT2D eigenvalue weighted by molar-refractivity contribution is 0.140. The molecule has 0 bridgehead atoms. The molecule has 2 aromatic carbocycles. The van der Waals surface area contributed by atoms with Crippen LogP contribution in [0.1, 0.15) is 74.3 Å². The Morgan fingerprint density at radius 2 is 1.08 bits per heavy atom. The van der Waals surface area contributed by atoms with Crippen molar-refractivity contribution in [1.29, 1.82) is 0 Å². The Balaban J connectivity index is 1.64. The maximum Gasteiger partial charge on any atom is 0.166 e. The summed E-state index contributed by atoms with van der Waals surface area (Å²) in [6.07, 6.45) is 11.0. The van der Waals surface area contributed by atoms with E-state index in [0.29, 0.717) is 24.0 Å². The highest BCUT2D eigenvalue weighted by molar-refractivity contribution is 5.95. The lowest BCUT2D eigenvalue weighted by Crippen LogP contribution is -2.23. The maximum atomic E-state index is 6.54. The van der Waals surface area contributed by atoms with Gasteiger partial charge < -0.3 is 9.47 Å². The number of hydrogen-bond acceptors (Lipinski definition) is 2. The molecule has 2 aromatic rings. The van der Waals surface area contributed by atoms with E-state index >= 15 is 0 Å². The molecule has 2 aliphatic heterocycles. The zero-order chi connectivity index (χ0) is 15.7. The van der Waals surface area contributed by atoms with Crippen LogP contribution in [0.5, 0.6) is 11.5 Å². The molecule has 2 heterocycles. The topological polar surface area (TPSA) is 18.5 Å². The van der Waals surface area contributed by atoms with Gasteiger partial charge in [0.05, 0.1) is 0 Å². The van der Waals surface area contributed by atoms with Crippen LogP contribution < -0.4 is 9.47 Å². The molecule has 2 nitrogen and oxygen atoms in total. The first kappa shape index (κ1) is 13.6. The van der Waals surface area contributed by atoms with Gasteiger partial charge in [0.25, 0.3) is 0 Å². The van der Waals surface area contributed by atoms with E-state index < -0.39 is 0 Å². The summed E-state index contributed by atoms with van der Waals surface area (Å²) < 4.78 is 13.1. The van der Waals surface area contributed by atoms with E-state index in [1.165, 1.54) is 73.3 Å². The summed E-state index contributed by atoms with van der Waals surface area (Å²) in [5, 5.41) is 2.88. The van der Waals surface area contributed by atoms with Crippen molar-refractivity contribution in [3.8, 4) is 11.5 Å². The first-order chi connectivity index (χ1) is 11.9. The van der Waals surface area contributed by atoms with Crippen LogP contribution in [0.4, 0.5) is 0 Å². The molecule has 0 amide bonds. The quantitative estimate of drug-likeness (QED) is 0.622. The van der Waals surface area contributed by atoms with E-state index in [2.05, 4.69) is 24.3 Å². The number of rotatable bonds is 0. The summed E-state index contributed by atoms with van der Waals surface area (Å²) in [4.78, 5) is 0. The molecule has 2 saturated carbocycles. The fourth-order valence-corrected chi connectivity index (χ4v) is 5.85. The molecule has 0 radical (unpaired) electrons. The van der Waals surface area contributed by atoms with Gasteiger partial charge in [0.1, 0.15) is 12.2 Å². The predicted molar refractivity (Wildman–Crippen MR) is 95.2 cm³/mol. The van der Waals surface area contributed by atoms with Crippen molar-refractivity contribution < 1.29 is 9.47 Å². The monoisotopic (exact) mass is 320 g/mol. The maximum absolute atomic E-state index is 6.54. The predicted octanol–water partition coefficient (Wildman–Crippen LogP) is 5.68. The minimum Gasteiger partial charge on any atom is -0.486 e. The van der Waals surface area contributed by atoms with E-state index in [1.807, 2.05) is 0 Å². The average Bonchev–Trinajstić information content (AvgIpc) is 3.21. The van der Waals surface area contributed by atoms with Crippen LogP contribution in [0.2, 0.25) is 0 Å². The third-order valence-electron chi connectivity index (χ3n) is 6.89. The molecule has 0 spiro atoms. The lowest BCUT2D eigenvalue weighted by atomic mass is 9.78. The highest BCUT2D eigenvalue weighted by Crippen LogP contribution is 2.59. The smallest absolute Gasteiger partial charge is 0.166 e. The zero-order valence-electron chi connectivity index (χ0n) is 14.1. The largest absolute Gasteiger partial charge is 0.486 e. The standard InChI is InChI=1S/C22H24O2/c1-2-8-14-13(7-1)19-15-9-3-5-11-17(15)23-21(19)22-20(14)16-10-4-6-12-18(16)24-22/h1-2,7-8,15-18H,3-6,9-12H2/t15-,16+,17+,18-. The second-order valence-electron chi connectivity index (χ2n) is 8.13. The normalized spacial score (nSPS) is 33.2. The van der Waals surface area contributed by atoms with Gasteiger partial charge in [-0.3, -0.25) is 0 Å². The van der Waals surface area contributed by atoms with Crippen LogP contribution in [-0.4, -0.2) is 12.2 Å². The van der Waals surface area contributed by atoms with Crippen molar-refractivity contribution in [3.05, 3.63) is 35.4 Å². The van der Waals surface area contributed by atoms with Crippen LogP contribution in [0, 0.1) is 0 Å².